The Kier molecular flexibility index (Phi) is 6.67. The van der Waals surface area contributed by atoms with Gasteiger partial charge in [-0.15, -0.1) is 10.2 Å². The summed E-state index contributed by atoms with van der Waals surface area (Å²) in [7, 11) is -3.70. The van der Waals surface area contributed by atoms with E-state index in [1.165, 1.54) is 42.1 Å². The molecule has 0 saturated carbocycles. The van der Waals surface area contributed by atoms with Crippen LogP contribution >= 0.6 is 23.2 Å². The highest BCUT2D eigenvalue weighted by Gasteiger charge is 2.30. The van der Waals surface area contributed by atoms with Crippen molar-refractivity contribution in [3.63, 3.8) is 0 Å². The molecule has 0 N–H and O–H groups in total. The molecule has 10 heteroatoms. The van der Waals surface area contributed by atoms with Crippen molar-refractivity contribution in [1.82, 2.24) is 14.5 Å². The van der Waals surface area contributed by atoms with Gasteiger partial charge in [-0.05, 0) is 43.2 Å². The molecule has 2 saturated heterocycles. The smallest absolute Gasteiger partial charge is 0.244 e. The minimum atomic E-state index is -3.70. The van der Waals surface area contributed by atoms with Crippen LogP contribution in [0.15, 0.2) is 35.2 Å². The Morgan fingerprint density at radius 1 is 0.733 bits per heavy atom. The topological polar surface area (TPSA) is 69.6 Å². The lowest BCUT2D eigenvalue weighted by atomic mass is 10.2. The minimum absolute atomic E-state index is 0.0479. The molecular weight excluding hydrogens is 445 g/mol. The first-order valence-corrected chi connectivity index (χ1v) is 12.4. The minimum Gasteiger partial charge on any atom is -0.355 e. The number of halogens is 2. The number of hydrogen-bond donors (Lipinski definition) is 0. The molecule has 2 aliphatic rings. The highest BCUT2D eigenvalue weighted by Crippen LogP contribution is 2.29. The molecule has 0 atom stereocenters. The maximum Gasteiger partial charge on any atom is 0.244 e. The van der Waals surface area contributed by atoms with E-state index in [0.29, 0.717) is 31.2 Å². The van der Waals surface area contributed by atoms with Gasteiger partial charge in [0.2, 0.25) is 10.0 Å². The first kappa shape index (κ1) is 21.6. The third-order valence-electron chi connectivity index (χ3n) is 5.64. The zero-order valence-corrected chi connectivity index (χ0v) is 19.0. The largest absolute Gasteiger partial charge is 0.355 e. The van der Waals surface area contributed by atoms with E-state index in [9.17, 15) is 8.42 Å². The maximum atomic E-state index is 13.0. The molecular formula is C20H25Cl2N5O2S. The van der Waals surface area contributed by atoms with Crippen LogP contribution in [0.2, 0.25) is 10.0 Å². The standard InChI is InChI=1S/C20H25Cl2N5O2S/c21-16-5-6-17(22)18(15-16)30(28,29)27-13-11-26(12-14-27)20-8-7-19(23-24-20)25-9-3-1-2-4-10-25/h5-8,15H,1-4,9-14H2. The molecule has 2 fully saturated rings. The van der Waals surface area contributed by atoms with Crippen molar-refractivity contribution in [3.05, 3.63) is 40.4 Å². The van der Waals surface area contributed by atoms with Crippen LogP contribution < -0.4 is 9.80 Å². The number of benzene rings is 1. The van der Waals surface area contributed by atoms with E-state index < -0.39 is 10.0 Å². The van der Waals surface area contributed by atoms with Crippen molar-refractivity contribution in [1.29, 1.82) is 0 Å². The Bertz CT molecular complexity index is 971. The lowest BCUT2D eigenvalue weighted by Crippen LogP contribution is -2.49. The number of piperazine rings is 1. The fraction of sp³-hybridized carbons (Fsp3) is 0.500. The van der Waals surface area contributed by atoms with Gasteiger partial charge in [-0.1, -0.05) is 36.0 Å². The summed E-state index contributed by atoms with van der Waals surface area (Å²) in [5.41, 5.74) is 0. The van der Waals surface area contributed by atoms with Crippen LogP contribution in [0.5, 0.6) is 0 Å². The number of nitrogens with zero attached hydrogens (tertiary/aromatic N) is 5. The molecule has 0 spiro atoms. The monoisotopic (exact) mass is 469 g/mol. The molecule has 1 aromatic heterocycles. The first-order valence-electron chi connectivity index (χ1n) is 10.2. The van der Waals surface area contributed by atoms with Crippen LogP contribution in [0.1, 0.15) is 25.7 Å². The van der Waals surface area contributed by atoms with Gasteiger partial charge in [-0.2, -0.15) is 4.31 Å². The summed E-state index contributed by atoms with van der Waals surface area (Å²) >= 11 is 12.1. The quantitative estimate of drug-likeness (QED) is 0.679. The summed E-state index contributed by atoms with van der Waals surface area (Å²) in [5.74, 6) is 1.68. The van der Waals surface area contributed by atoms with Gasteiger partial charge in [0, 0.05) is 44.3 Å². The SMILES string of the molecule is O=S(=O)(c1cc(Cl)ccc1Cl)N1CCN(c2ccc(N3CCCCCC3)nn2)CC1. The van der Waals surface area contributed by atoms with E-state index in [2.05, 4.69) is 20.0 Å². The van der Waals surface area contributed by atoms with Crippen LogP contribution in [-0.4, -0.2) is 62.2 Å². The zero-order chi connectivity index (χ0) is 21.1. The molecule has 7 nitrogen and oxygen atoms in total. The van der Waals surface area contributed by atoms with Gasteiger partial charge in [0.25, 0.3) is 0 Å². The van der Waals surface area contributed by atoms with Gasteiger partial charge in [0.05, 0.1) is 5.02 Å². The van der Waals surface area contributed by atoms with Crippen molar-refractivity contribution in [3.8, 4) is 0 Å². The molecule has 2 aromatic rings. The van der Waals surface area contributed by atoms with Crippen LogP contribution in [-0.2, 0) is 10.0 Å². The third-order valence-corrected chi connectivity index (χ3v) is 8.26. The molecule has 1 aromatic carbocycles. The number of rotatable bonds is 4. The maximum absolute atomic E-state index is 13.0. The Balaban J connectivity index is 1.41. The van der Waals surface area contributed by atoms with Gasteiger partial charge in [-0.25, -0.2) is 8.42 Å². The zero-order valence-electron chi connectivity index (χ0n) is 16.7. The Hall–Kier alpha value is -1.61. The fourth-order valence-corrected chi connectivity index (χ4v) is 6.09. The Morgan fingerprint density at radius 3 is 1.87 bits per heavy atom. The summed E-state index contributed by atoms with van der Waals surface area (Å²) in [4.78, 5) is 4.40. The predicted octanol–water partition coefficient (Wildman–Crippen LogP) is 3.67. The first-order chi connectivity index (χ1) is 14.4. The highest BCUT2D eigenvalue weighted by molar-refractivity contribution is 7.89. The van der Waals surface area contributed by atoms with Crippen molar-refractivity contribution in [2.75, 3.05) is 49.1 Å². The lowest BCUT2D eigenvalue weighted by Gasteiger charge is -2.34. The fourth-order valence-electron chi connectivity index (χ4n) is 3.93. The van der Waals surface area contributed by atoms with Gasteiger partial charge in [0.15, 0.2) is 11.6 Å². The van der Waals surface area contributed by atoms with Crippen molar-refractivity contribution < 1.29 is 8.42 Å². The molecule has 2 aliphatic heterocycles. The van der Waals surface area contributed by atoms with Crippen LogP contribution in [0.3, 0.4) is 0 Å². The van der Waals surface area contributed by atoms with E-state index in [0.717, 1.165) is 24.7 Å². The average molecular weight is 470 g/mol. The number of sulfonamides is 1. The van der Waals surface area contributed by atoms with E-state index in [4.69, 9.17) is 23.2 Å². The van der Waals surface area contributed by atoms with E-state index in [-0.39, 0.29) is 9.92 Å². The number of anilines is 2. The Labute approximate surface area is 187 Å². The molecule has 162 valence electrons. The van der Waals surface area contributed by atoms with Crippen LogP contribution in [0.4, 0.5) is 11.6 Å². The van der Waals surface area contributed by atoms with E-state index in [1.807, 2.05) is 12.1 Å². The summed E-state index contributed by atoms with van der Waals surface area (Å²) in [6, 6.07) is 8.48. The van der Waals surface area contributed by atoms with Gasteiger partial charge in [-0.3, -0.25) is 0 Å². The summed E-state index contributed by atoms with van der Waals surface area (Å²) in [6.45, 7) is 3.82. The van der Waals surface area contributed by atoms with Crippen molar-refractivity contribution in [2.45, 2.75) is 30.6 Å². The van der Waals surface area contributed by atoms with Gasteiger partial charge >= 0.3 is 0 Å². The van der Waals surface area contributed by atoms with E-state index >= 15 is 0 Å². The van der Waals surface area contributed by atoms with Crippen LogP contribution in [0, 0.1) is 0 Å². The molecule has 30 heavy (non-hydrogen) atoms. The molecule has 3 heterocycles. The van der Waals surface area contributed by atoms with Crippen molar-refractivity contribution in [2.24, 2.45) is 0 Å². The number of hydrogen-bond acceptors (Lipinski definition) is 6. The average Bonchev–Trinajstić information content (AvgIpc) is 3.05. The summed E-state index contributed by atoms with van der Waals surface area (Å²) in [6.07, 6.45) is 4.93. The highest BCUT2D eigenvalue weighted by atomic mass is 35.5. The number of aromatic nitrogens is 2. The molecule has 0 unspecified atom stereocenters. The second kappa shape index (κ2) is 9.26. The van der Waals surface area contributed by atoms with E-state index in [1.54, 1.807) is 6.07 Å². The molecule has 0 radical (unpaired) electrons. The summed E-state index contributed by atoms with van der Waals surface area (Å²) < 4.78 is 27.4. The molecule has 4 rings (SSSR count). The lowest BCUT2D eigenvalue weighted by molar-refractivity contribution is 0.383. The molecule has 0 amide bonds. The van der Waals surface area contributed by atoms with Crippen molar-refractivity contribution >= 4 is 44.9 Å². The Morgan fingerprint density at radius 2 is 1.30 bits per heavy atom. The predicted molar refractivity (Wildman–Crippen MR) is 120 cm³/mol. The second-order valence-electron chi connectivity index (χ2n) is 7.62. The molecule has 0 aliphatic carbocycles. The van der Waals surface area contributed by atoms with Crippen LogP contribution in [0.25, 0.3) is 0 Å². The second-order valence-corrected chi connectivity index (χ2v) is 10.4. The third kappa shape index (κ3) is 4.66. The molecule has 0 bridgehead atoms. The van der Waals surface area contributed by atoms with Gasteiger partial charge < -0.3 is 9.80 Å². The van der Waals surface area contributed by atoms with Gasteiger partial charge in [0.1, 0.15) is 4.90 Å². The summed E-state index contributed by atoms with van der Waals surface area (Å²) in [5, 5.41) is 9.35. The normalized spacial score (nSPS) is 19.0.